The van der Waals surface area contributed by atoms with E-state index in [0.29, 0.717) is 32.2 Å². The molecule has 1 amide bonds. The number of hydrogen-bond donors (Lipinski definition) is 3. The van der Waals surface area contributed by atoms with Gasteiger partial charge in [0.2, 0.25) is 17.3 Å². The number of thioether (sulfide) groups is 1. The smallest absolute Gasteiger partial charge is 0.274 e. The molecule has 1 aromatic heterocycles. The molecule has 3 N–H and O–H groups in total. The van der Waals surface area contributed by atoms with Gasteiger partial charge in [-0.25, -0.2) is 5.48 Å². The minimum atomic E-state index is -0.583. The number of carbonyl (C=O) groups is 3. The molecule has 1 heterocycles. The second-order valence-electron chi connectivity index (χ2n) is 4.97. The van der Waals surface area contributed by atoms with Crippen molar-refractivity contribution in [1.82, 2.24) is 21.3 Å². The Morgan fingerprint density at radius 1 is 1.31 bits per heavy atom. The molecule has 0 saturated heterocycles. The van der Waals surface area contributed by atoms with Gasteiger partial charge in [-0.1, -0.05) is 5.16 Å². The van der Waals surface area contributed by atoms with Crippen LogP contribution in [-0.2, 0) is 9.57 Å². The monoisotopic (exact) mass is 384 g/mol. The third-order valence-corrected chi connectivity index (χ3v) is 4.28. The quantitative estimate of drug-likeness (QED) is 0.266. The normalized spacial score (nSPS) is 13.5. The molecule has 0 fully saturated rings. The van der Waals surface area contributed by atoms with Crippen LogP contribution in [0.2, 0.25) is 0 Å². The van der Waals surface area contributed by atoms with Gasteiger partial charge in [0.05, 0.1) is 18.1 Å². The molecule has 142 valence electrons. The number of aromatic nitrogens is 1. The third-order valence-electron chi connectivity index (χ3n) is 3.30. The first-order chi connectivity index (χ1) is 12.6. The van der Waals surface area contributed by atoms with Crippen LogP contribution in [0.4, 0.5) is 0 Å². The van der Waals surface area contributed by atoms with Crippen LogP contribution in [0, 0.1) is 0 Å². The number of ketones is 2. The van der Waals surface area contributed by atoms with Crippen molar-refractivity contribution in [2.24, 2.45) is 0 Å². The maximum Gasteiger partial charge on any atom is 0.274 e. The minimum Gasteiger partial charge on any atom is -0.379 e. The maximum atomic E-state index is 12.5. The number of allylic oxidation sites excluding steroid dienone is 2. The predicted molar refractivity (Wildman–Crippen MR) is 92.9 cm³/mol. The number of ether oxygens (including phenoxy) is 1. The molecule has 26 heavy (non-hydrogen) atoms. The summed E-state index contributed by atoms with van der Waals surface area (Å²) in [7, 11) is 3.07. The Labute approximate surface area is 154 Å². The molecule has 1 aliphatic rings. The first-order valence-corrected chi connectivity index (χ1v) is 8.81. The summed E-state index contributed by atoms with van der Waals surface area (Å²) in [5.74, 6) is -1.24. The van der Waals surface area contributed by atoms with E-state index in [1.54, 1.807) is 7.05 Å². The number of nitrogens with zero attached hydrogens (tertiary/aromatic N) is 1. The molecule has 0 radical (unpaired) electrons. The van der Waals surface area contributed by atoms with Crippen LogP contribution in [0.15, 0.2) is 15.5 Å². The first-order valence-electron chi connectivity index (χ1n) is 7.82. The standard InChI is InChI=1S/C15H20N4O6S/c1-16-15(22)12-11-13(21)10(7-9(20)14(11)25-19-12)26-6-5-23-4-3-18-8-24-17-2/h7,17-18H,3-6,8H2,1-2H3,(H,16,22). The summed E-state index contributed by atoms with van der Waals surface area (Å²) in [6.07, 6.45) is 1.20. The number of hydrogen-bond acceptors (Lipinski definition) is 10. The van der Waals surface area contributed by atoms with E-state index in [1.807, 2.05) is 0 Å². The second kappa shape index (κ2) is 10.2. The van der Waals surface area contributed by atoms with Gasteiger partial charge >= 0.3 is 0 Å². The van der Waals surface area contributed by atoms with Gasteiger partial charge in [0.25, 0.3) is 5.91 Å². The van der Waals surface area contributed by atoms with E-state index in [9.17, 15) is 14.4 Å². The van der Waals surface area contributed by atoms with E-state index >= 15 is 0 Å². The molecule has 2 rings (SSSR count). The number of carbonyl (C=O) groups excluding carboxylic acids is 3. The molecule has 1 aromatic rings. The molecular formula is C15H20N4O6S. The fraction of sp³-hybridized carbons (Fsp3) is 0.467. The number of Topliss-reactive ketones (excluding diaryl/α,β-unsaturated/α-hetero) is 1. The van der Waals surface area contributed by atoms with Crippen LogP contribution in [0.25, 0.3) is 0 Å². The molecule has 0 aromatic carbocycles. The molecule has 0 saturated carbocycles. The van der Waals surface area contributed by atoms with Gasteiger partial charge in [-0.15, -0.1) is 11.8 Å². The van der Waals surface area contributed by atoms with E-state index in [1.165, 1.54) is 24.9 Å². The van der Waals surface area contributed by atoms with E-state index < -0.39 is 17.5 Å². The molecule has 1 aliphatic carbocycles. The van der Waals surface area contributed by atoms with Crippen molar-refractivity contribution in [2.75, 3.05) is 46.3 Å². The molecule has 0 spiro atoms. The Morgan fingerprint density at radius 3 is 2.85 bits per heavy atom. The largest absolute Gasteiger partial charge is 0.379 e. The average molecular weight is 384 g/mol. The number of nitrogens with one attached hydrogen (secondary N) is 3. The Balaban J connectivity index is 1.82. The Bertz CT molecular complexity index is 702. The Hall–Kier alpha value is -2.05. The van der Waals surface area contributed by atoms with Crippen LogP contribution in [-0.4, -0.2) is 69.0 Å². The van der Waals surface area contributed by atoms with E-state index in [4.69, 9.17) is 14.1 Å². The zero-order valence-corrected chi connectivity index (χ0v) is 15.2. The molecule has 0 atom stereocenters. The molecule has 0 unspecified atom stereocenters. The zero-order valence-electron chi connectivity index (χ0n) is 14.4. The van der Waals surface area contributed by atoms with Gasteiger partial charge in [0.1, 0.15) is 12.3 Å². The summed E-state index contributed by atoms with van der Waals surface area (Å²) >= 11 is 1.19. The summed E-state index contributed by atoms with van der Waals surface area (Å²) in [5, 5.41) is 8.89. The van der Waals surface area contributed by atoms with E-state index in [-0.39, 0.29) is 21.9 Å². The minimum absolute atomic E-state index is 0.0889. The van der Waals surface area contributed by atoms with Gasteiger partial charge < -0.3 is 14.6 Å². The SMILES string of the molecule is CNOCNCCOCCSC1=CC(=O)c2onc(C(=O)NC)c2C1=O. The predicted octanol–water partition coefficient (Wildman–Crippen LogP) is -0.255. The van der Waals surface area contributed by atoms with E-state index in [2.05, 4.69) is 21.3 Å². The van der Waals surface area contributed by atoms with Crippen molar-refractivity contribution in [2.45, 2.75) is 0 Å². The fourth-order valence-electron chi connectivity index (χ4n) is 2.08. The summed E-state index contributed by atoms with van der Waals surface area (Å²) in [5.41, 5.74) is 2.26. The Morgan fingerprint density at radius 2 is 2.12 bits per heavy atom. The van der Waals surface area contributed by atoms with Gasteiger partial charge in [-0.3, -0.25) is 24.5 Å². The van der Waals surface area contributed by atoms with Crippen molar-refractivity contribution in [1.29, 1.82) is 0 Å². The summed E-state index contributed by atoms with van der Waals surface area (Å²) in [4.78, 5) is 41.5. The fourth-order valence-corrected chi connectivity index (χ4v) is 2.92. The van der Waals surface area contributed by atoms with Crippen molar-refractivity contribution in [3.05, 3.63) is 28.0 Å². The third kappa shape index (κ3) is 4.99. The molecule has 10 nitrogen and oxygen atoms in total. The van der Waals surface area contributed by atoms with E-state index in [0.717, 1.165) is 0 Å². The molecule has 0 bridgehead atoms. The number of amides is 1. The van der Waals surface area contributed by atoms with Crippen molar-refractivity contribution < 1.29 is 28.5 Å². The average Bonchev–Trinajstić information content (AvgIpc) is 3.09. The van der Waals surface area contributed by atoms with Gasteiger partial charge in [-0.05, 0) is 0 Å². The maximum absolute atomic E-state index is 12.5. The van der Waals surface area contributed by atoms with Crippen molar-refractivity contribution >= 4 is 29.2 Å². The highest BCUT2D eigenvalue weighted by Crippen LogP contribution is 2.30. The van der Waals surface area contributed by atoms with Crippen LogP contribution < -0.4 is 16.1 Å². The lowest BCUT2D eigenvalue weighted by Gasteiger charge is -2.11. The number of rotatable bonds is 11. The molecule has 11 heteroatoms. The zero-order chi connectivity index (χ0) is 18.9. The summed E-state index contributed by atoms with van der Waals surface area (Å²) in [6, 6.07) is 0. The number of hydroxylamine groups is 1. The van der Waals surface area contributed by atoms with Gasteiger partial charge in [0, 0.05) is 32.5 Å². The first kappa shape index (κ1) is 20.3. The van der Waals surface area contributed by atoms with Crippen LogP contribution in [0.5, 0.6) is 0 Å². The molecular weight excluding hydrogens is 364 g/mol. The lowest BCUT2D eigenvalue weighted by molar-refractivity contribution is 0.0390. The lowest BCUT2D eigenvalue weighted by Crippen LogP contribution is -2.26. The summed E-state index contributed by atoms with van der Waals surface area (Å²) < 4.78 is 10.3. The van der Waals surface area contributed by atoms with Gasteiger partial charge in [-0.2, -0.15) is 0 Å². The van der Waals surface area contributed by atoms with Crippen molar-refractivity contribution in [3.63, 3.8) is 0 Å². The van der Waals surface area contributed by atoms with Crippen LogP contribution >= 0.6 is 11.8 Å². The van der Waals surface area contributed by atoms with Gasteiger partial charge in [0.15, 0.2) is 5.69 Å². The van der Waals surface area contributed by atoms with Crippen LogP contribution in [0.1, 0.15) is 31.4 Å². The summed E-state index contributed by atoms with van der Waals surface area (Å²) in [6.45, 7) is 1.87. The molecule has 0 aliphatic heterocycles. The van der Waals surface area contributed by atoms with Crippen molar-refractivity contribution in [3.8, 4) is 0 Å². The highest BCUT2D eigenvalue weighted by Gasteiger charge is 2.35. The topological polar surface area (TPSA) is 132 Å². The highest BCUT2D eigenvalue weighted by molar-refractivity contribution is 8.04. The van der Waals surface area contributed by atoms with Crippen LogP contribution in [0.3, 0.4) is 0 Å². The number of fused-ring (bicyclic) bond motifs is 1. The highest BCUT2D eigenvalue weighted by atomic mass is 32.2. The lowest BCUT2D eigenvalue weighted by atomic mass is 10.00. The second-order valence-corrected chi connectivity index (χ2v) is 6.11. The Kier molecular flexibility index (Phi) is 7.94.